The van der Waals surface area contributed by atoms with E-state index in [1.807, 2.05) is 42.5 Å². The van der Waals surface area contributed by atoms with Crippen molar-refractivity contribution in [1.29, 1.82) is 0 Å². The predicted octanol–water partition coefficient (Wildman–Crippen LogP) is 6.58. The summed E-state index contributed by atoms with van der Waals surface area (Å²) in [5.41, 5.74) is 4.06. The summed E-state index contributed by atoms with van der Waals surface area (Å²) >= 11 is 12.9. The third kappa shape index (κ3) is 6.28. The van der Waals surface area contributed by atoms with Crippen LogP contribution in [-0.2, 0) is 0 Å². The van der Waals surface area contributed by atoms with Gasteiger partial charge in [-0.2, -0.15) is 0 Å². The largest absolute Gasteiger partial charge is 0.491 e. The van der Waals surface area contributed by atoms with Crippen LogP contribution in [-0.4, -0.2) is 49.4 Å². The van der Waals surface area contributed by atoms with Crippen molar-refractivity contribution in [2.24, 2.45) is 0 Å². The lowest BCUT2D eigenvalue weighted by molar-refractivity contribution is 0.201. The van der Waals surface area contributed by atoms with E-state index in [0.717, 1.165) is 31.9 Å². The molecule has 1 fully saturated rings. The summed E-state index contributed by atoms with van der Waals surface area (Å²) < 4.78 is 5.53. The lowest BCUT2D eigenvalue weighted by Gasteiger charge is -2.44. The van der Waals surface area contributed by atoms with Gasteiger partial charge in [-0.25, -0.2) is 4.85 Å². The summed E-state index contributed by atoms with van der Waals surface area (Å²) in [5.74, 6) is 0.992. The second kappa shape index (κ2) is 11.8. The monoisotopic (exact) mass is 509 g/mol. The van der Waals surface area contributed by atoms with Crippen molar-refractivity contribution in [2.45, 2.75) is 18.9 Å². The molecule has 3 aromatic carbocycles. The molecule has 0 bridgehead atoms. The fourth-order valence-electron chi connectivity index (χ4n) is 4.61. The van der Waals surface area contributed by atoms with Crippen LogP contribution in [0.3, 0.4) is 0 Å². The highest BCUT2D eigenvalue weighted by atomic mass is 35.5. The maximum atomic E-state index is 9.03. The van der Waals surface area contributed by atoms with Gasteiger partial charge in [-0.1, -0.05) is 66.5 Å². The molecule has 0 unspecified atom stereocenters. The molecule has 1 aliphatic heterocycles. The molecule has 0 radical (unpaired) electrons. The van der Waals surface area contributed by atoms with Crippen molar-refractivity contribution in [3.8, 4) is 5.75 Å². The van der Waals surface area contributed by atoms with E-state index in [0.29, 0.717) is 27.4 Å². The third-order valence-corrected chi connectivity index (χ3v) is 6.99. The molecule has 182 valence electrons. The number of halogens is 2. The average molecular weight is 510 g/mol. The highest BCUT2D eigenvalue weighted by Gasteiger charge is 2.30. The number of hydrogen-bond acceptors (Lipinski definition) is 4. The smallest absolute Gasteiger partial charge is 0.187 e. The van der Waals surface area contributed by atoms with Crippen LogP contribution in [0, 0.1) is 6.57 Å². The number of aliphatic hydroxyl groups is 1. The van der Waals surface area contributed by atoms with E-state index in [1.165, 1.54) is 11.1 Å². The Kier molecular flexibility index (Phi) is 8.54. The first-order valence-corrected chi connectivity index (χ1v) is 12.5. The highest BCUT2D eigenvalue weighted by molar-refractivity contribution is 6.33. The number of nitrogens with zero attached hydrogens (tertiary/aromatic N) is 3. The van der Waals surface area contributed by atoms with Crippen molar-refractivity contribution < 1.29 is 9.84 Å². The highest BCUT2D eigenvalue weighted by Crippen LogP contribution is 2.37. The number of piperazine rings is 1. The molecule has 0 aliphatic carbocycles. The lowest BCUT2D eigenvalue weighted by atomic mass is 9.97. The Morgan fingerprint density at radius 2 is 1.80 bits per heavy atom. The SMILES string of the molecule is [C-]#[N+]c1ccc([C@@H](C)CN2CCN(c3ccc(OCCO)cc3Cl)[C@H](c3ccc(Cl)cc3)C2)cc1. The second-order valence-electron chi connectivity index (χ2n) is 8.81. The second-order valence-corrected chi connectivity index (χ2v) is 9.65. The molecule has 1 N–H and O–H groups in total. The summed E-state index contributed by atoms with van der Waals surface area (Å²) in [6, 6.07) is 21.8. The van der Waals surface area contributed by atoms with E-state index in [4.69, 9.17) is 39.6 Å². The van der Waals surface area contributed by atoms with Crippen LogP contribution in [0.25, 0.3) is 4.85 Å². The predicted molar refractivity (Wildman–Crippen MR) is 143 cm³/mol. The Labute approximate surface area is 217 Å². The van der Waals surface area contributed by atoms with E-state index >= 15 is 0 Å². The van der Waals surface area contributed by atoms with E-state index in [-0.39, 0.29) is 19.3 Å². The first kappa shape index (κ1) is 25.3. The van der Waals surface area contributed by atoms with E-state index in [9.17, 15) is 0 Å². The molecule has 2 atom stereocenters. The summed E-state index contributed by atoms with van der Waals surface area (Å²) in [6.45, 7) is 13.1. The fraction of sp³-hybridized carbons (Fsp3) is 0.321. The molecule has 0 spiro atoms. The van der Waals surface area contributed by atoms with Crippen LogP contribution in [0.2, 0.25) is 10.0 Å². The summed E-state index contributed by atoms with van der Waals surface area (Å²) in [5, 5.41) is 10.4. The summed E-state index contributed by atoms with van der Waals surface area (Å²) in [4.78, 5) is 8.35. The van der Waals surface area contributed by atoms with Gasteiger partial charge in [0.15, 0.2) is 5.69 Å². The fourth-order valence-corrected chi connectivity index (χ4v) is 5.01. The van der Waals surface area contributed by atoms with E-state index in [1.54, 1.807) is 0 Å². The Hall–Kier alpha value is -2.75. The zero-order valence-corrected chi connectivity index (χ0v) is 21.2. The first-order valence-electron chi connectivity index (χ1n) is 11.7. The molecular formula is C28H29Cl2N3O2. The van der Waals surface area contributed by atoms with Crippen molar-refractivity contribution in [1.82, 2.24) is 4.90 Å². The Bertz CT molecular complexity index is 1160. The van der Waals surface area contributed by atoms with Crippen molar-refractivity contribution in [3.63, 3.8) is 0 Å². The molecule has 0 amide bonds. The maximum absolute atomic E-state index is 9.03. The number of hydrogen-bond donors (Lipinski definition) is 1. The van der Waals surface area contributed by atoms with Crippen LogP contribution < -0.4 is 9.64 Å². The van der Waals surface area contributed by atoms with Gasteiger partial charge in [0.2, 0.25) is 0 Å². The minimum Gasteiger partial charge on any atom is -0.491 e. The van der Waals surface area contributed by atoms with Crippen molar-refractivity contribution >= 4 is 34.6 Å². The van der Waals surface area contributed by atoms with E-state index < -0.39 is 0 Å². The number of ether oxygens (including phenoxy) is 1. The molecular weight excluding hydrogens is 481 g/mol. The van der Waals surface area contributed by atoms with Gasteiger partial charge < -0.3 is 14.7 Å². The van der Waals surface area contributed by atoms with Gasteiger partial charge in [-0.3, -0.25) is 4.90 Å². The topological polar surface area (TPSA) is 40.3 Å². The van der Waals surface area contributed by atoms with Crippen LogP contribution in [0.15, 0.2) is 66.7 Å². The Balaban J connectivity index is 1.55. The third-order valence-electron chi connectivity index (χ3n) is 6.43. The van der Waals surface area contributed by atoms with Gasteiger partial charge in [-0.15, -0.1) is 0 Å². The average Bonchev–Trinajstić information content (AvgIpc) is 2.88. The van der Waals surface area contributed by atoms with Crippen molar-refractivity contribution in [2.75, 3.05) is 44.3 Å². The zero-order valence-electron chi connectivity index (χ0n) is 19.7. The van der Waals surface area contributed by atoms with Gasteiger partial charge in [0.1, 0.15) is 12.4 Å². The first-order chi connectivity index (χ1) is 17.0. The minimum absolute atomic E-state index is 0.0396. The minimum atomic E-state index is -0.0396. The van der Waals surface area contributed by atoms with Crippen molar-refractivity contribution in [3.05, 3.63) is 99.3 Å². The zero-order chi connectivity index (χ0) is 24.8. The molecule has 3 aromatic rings. The lowest BCUT2D eigenvalue weighted by Crippen LogP contribution is -2.49. The van der Waals surface area contributed by atoms with Gasteiger partial charge in [0.25, 0.3) is 0 Å². The van der Waals surface area contributed by atoms with Gasteiger partial charge in [0.05, 0.1) is 29.9 Å². The van der Waals surface area contributed by atoms with Crippen LogP contribution in [0.1, 0.15) is 30.0 Å². The molecule has 35 heavy (non-hydrogen) atoms. The number of rotatable bonds is 8. The van der Waals surface area contributed by atoms with Gasteiger partial charge in [0, 0.05) is 37.3 Å². The van der Waals surface area contributed by atoms with Crippen LogP contribution >= 0.6 is 23.2 Å². The van der Waals surface area contributed by atoms with E-state index in [2.05, 4.69) is 45.8 Å². The molecule has 1 heterocycles. The van der Waals surface area contributed by atoms with Crippen LogP contribution in [0.5, 0.6) is 5.75 Å². The Morgan fingerprint density at radius 1 is 1.06 bits per heavy atom. The number of aliphatic hydroxyl groups excluding tert-OH is 1. The van der Waals surface area contributed by atoms with Crippen LogP contribution in [0.4, 0.5) is 11.4 Å². The molecule has 7 heteroatoms. The summed E-state index contributed by atoms with van der Waals surface area (Å²) in [7, 11) is 0. The molecule has 1 saturated heterocycles. The maximum Gasteiger partial charge on any atom is 0.187 e. The molecule has 5 nitrogen and oxygen atoms in total. The van der Waals surface area contributed by atoms with Gasteiger partial charge >= 0.3 is 0 Å². The van der Waals surface area contributed by atoms with Gasteiger partial charge in [-0.05, 0) is 41.3 Å². The Morgan fingerprint density at radius 3 is 2.46 bits per heavy atom. The molecule has 0 aromatic heterocycles. The number of benzene rings is 3. The normalized spacial score (nSPS) is 17.1. The molecule has 0 saturated carbocycles. The quantitative estimate of drug-likeness (QED) is 0.348. The standard InChI is InChI=1S/C28H29Cl2N3O2/c1-20(21-5-9-24(31-2)10-6-21)18-32-13-14-33(28(19-32)22-3-7-23(29)8-4-22)27-12-11-25(17-26(27)30)35-16-15-34/h3-12,17,20,28,34H,13-16,18-19H2,1H3/t20-,28-/m0/s1. The number of anilines is 1. The molecule has 4 rings (SSSR count). The molecule has 1 aliphatic rings. The summed E-state index contributed by atoms with van der Waals surface area (Å²) in [6.07, 6.45) is 0.